The van der Waals surface area contributed by atoms with Crippen molar-refractivity contribution in [1.29, 1.82) is 0 Å². The summed E-state index contributed by atoms with van der Waals surface area (Å²) >= 11 is 0. The van der Waals surface area contributed by atoms with Crippen LogP contribution in [0.25, 0.3) is 0 Å². The number of anilines is 1. The lowest BCUT2D eigenvalue weighted by molar-refractivity contribution is -0.125. The molecule has 2 aliphatic heterocycles. The van der Waals surface area contributed by atoms with Gasteiger partial charge in [0.2, 0.25) is 12.3 Å². The number of carbonyl (C=O) groups excluding carboxylic acids is 2. The minimum absolute atomic E-state index is 0.0761. The van der Waals surface area contributed by atoms with Crippen molar-refractivity contribution < 1.29 is 23.5 Å². The van der Waals surface area contributed by atoms with Gasteiger partial charge >= 0.3 is 0 Å². The molecule has 2 heterocycles. The van der Waals surface area contributed by atoms with E-state index in [0.29, 0.717) is 32.0 Å². The molecule has 0 aliphatic carbocycles. The van der Waals surface area contributed by atoms with E-state index in [1.807, 2.05) is 50.9 Å². The van der Waals surface area contributed by atoms with Crippen molar-refractivity contribution >= 4 is 18.0 Å². The zero-order chi connectivity index (χ0) is 26.8. The van der Waals surface area contributed by atoms with Crippen LogP contribution in [0, 0.1) is 12.8 Å². The Labute approximate surface area is 221 Å². The Bertz CT molecular complexity index is 863. The van der Waals surface area contributed by atoms with Gasteiger partial charge < -0.3 is 14.4 Å². The molecule has 8 nitrogen and oxygen atoms in total. The van der Waals surface area contributed by atoms with Crippen LogP contribution in [0.2, 0.25) is 0 Å². The van der Waals surface area contributed by atoms with E-state index in [4.69, 9.17) is 9.47 Å². The summed E-state index contributed by atoms with van der Waals surface area (Å²) in [6, 6.07) is 6.01. The predicted octanol–water partition coefficient (Wildman–Crippen LogP) is 3.02. The highest BCUT2D eigenvalue weighted by Crippen LogP contribution is 2.26. The maximum atomic E-state index is 14.5. The summed E-state index contributed by atoms with van der Waals surface area (Å²) in [5.41, 5.74) is 2.11. The molecule has 0 bridgehead atoms. The van der Waals surface area contributed by atoms with Gasteiger partial charge in [-0.2, -0.15) is 0 Å². The molecule has 2 unspecified atom stereocenters. The number of hydrogen-bond donors (Lipinski definition) is 1. The van der Waals surface area contributed by atoms with Gasteiger partial charge in [0, 0.05) is 57.9 Å². The SMILES string of the molecule is Cc1ccc(OCCN2CCC(CN3CCC(OC(C)C)C(F)C3)CC2)cc1N(C)CCC(=O)NC=O. The number of aryl methyl sites for hydroxylation is 1. The molecular formula is C28H45FN4O4. The van der Waals surface area contributed by atoms with Crippen molar-refractivity contribution in [3.63, 3.8) is 0 Å². The highest BCUT2D eigenvalue weighted by atomic mass is 19.1. The molecule has 3 rings (SSSR count). The van der Waals surface area contributed by atoms with Crippen LogP contribution in [-0.2, 0) is 14.3 Å². The van der Waals surface area contributed by atoms with E-state index in [1.54, 1.807) is 0 Å². The highest BCUT2D eigenvalue weighted by Gasteiger charge is 2.32. The van der Waals surface area contributed by atoms with Gasteiger partial charge in [-0.3, -0.25) is 24.7 Å². The number of ether oxygens (including phenoxy) is 2. The minimum Gasteiger partial charge on any atom is -0.492 e. The number of piperidine rings is 2. The van der Waals surface area contributed by atoms with Gasteiger partial charge in [-0.1, -0.05) is 6.07 Å². The van der Waals surface area contributed by atoms with Crippen LogP contribution in [0.4, 0.5) is 10.1 Å². The average Bonchev–Trinajstić information content (AvgIpc) is 2.86. The maximum Gasteiger partial charge on any atom is 0.228 e. The predicted molar refractivity (Wildman–Crippen MR) is 144 cm³/mol. The summed E-state index contributed by atoms with van der Waals surface area (Å²) in [5, 5.41) is 2.17. The van der Waals surface area contributed by atoms with Crippen LogP contribution in [0.15, 0.2) is 18.2 Å². The first-order valence-corrected chi connectivity index (χ1v) is 13.7. The van der Waals surface area contributed by atoms with Crippen LogP contribution >= 0.6 is 0 Å². The number of amides is 2. The molecule has 0 radical (unpaired) electrons. The first-order valence-electron chi connectivity index (χ1n) is 13.7. The first-order chi connectivity index (χ1) is 17.7. The van der Waals surface area contributed by atoms with Crippen molar-refractivity contribution in [2.45, 2.75) is 64.8 Å². The third kappa shape index (κ3) is 9.54. The van der Waals surface area contributed by atoms with E-state index in [9.17, 15) is 14.0 Å². The van der Waals surface area contributed by atoms with Gasteiger partial charge in [0.05, 0.1) is 12.2 Å². The number of hydrogen-bond acceptors (Lipinski definition) is 7. The summed E-state index contributed by atoms with van der Waals surface area (Å²) in [6.45, 7) is 12.5. The molecule has 2 atom stereocenters. The maximum absolute atomic E-state index is 14.5. The summed E-state index contributed by atoms with van der Waals surface area (Å²) in [5.74, 6) is 1.14. The normalized spacial score (nSPS) is 21.7. The topological polar surface area (TPSA) is 74.3 Å². The number of likely N-dealkylation sites (tertiary alicyclic amines) is 2. The summed E-state index contributed by atoms with van der Waals surface area (Å²) < 4.78 is 26.3. The molecular weight excluding hydrogens is 475 g/mol. The number of rotatable bonds is 13. The number of benzene rings is 1. The van der Waals surface area contributed by atoms with E-state index in [0.717, 1.165) is 69.0 Å². The van der Waals surface area contributed by atoms with Gasteiger partial charge in [-0.05, 0) is 70.7 Å². The lowest BCUT2D eigenvalue weighted by Crippen LogP contribution is -2.49. The van der Waals surface area contributed by atoms with Crippen molar-refractivity contribution in [2.75, 3.05) is 64.4 Å². The fourth-order valence-electron chi connectivity index (χ4n) is 5.28. The Morgan fingerprint density at radius 1 is 1.22 bits per heavy atom. The molecule has 0 aromatic heterocycles. The molecule has 2 fully saturated rings. The zero-order valence-electron chi connectivity index (χ0n) is 23.0. The second kappa shape index (κ2) is 14.6. The number of halogens is 1. The molecule has 208 valence electrons. The molecule has 2 aliphatic rings. The quantitative estimate of drug-likeness (QED) is 0.401. The fourth-order valence-corrected chi connectivity index (χ4v) is 5.28. The molecule has 2 amide bonds. The second-order valence-electron chi connectivity index (χ2n) is 10.7. The number of nitrogens with zero attached hydrogens (tertiary/aromatic N) is 3. The van der Waals surface area contributed by atoms with E-state index in [1.165, 1.54) is 0 Å². The number of alkyl halides is 1. The summed E-state index contributed by atoms with van der Waals surface area (Å²) in [7, 11) is 1.93. The highest BCUT2D eigenvalue weighted by molar-refractivity contribution is 5.86. The van der Waals surface area contributed by atoms with Crippen molar-refractivity contribution in [3.8, 4) is 5.75 Å². The van der Waals surface area contributed by atoms with Crippen LogP contribution in [0.1, 0.15) is 45.1 Å². The standard InChI is InChI=1S/C28H45FN4O4/c1-21(2)37-27-9-14-33(19-25(27)29)18-23-7-12-32(13-8-23)15-16-36-24-6-5-22(3)26(17-24)31(4)11-10-28(35)30-20-34/h5-6,17,20-21,23,25,27H,7-16,18-19H2,1-4H3,(H,30,34,35). The Morgan fingerprint density at radius 2 is 1.95 bits per heavy atom. The summed E-state index contributed by atoms with van der Waals surface area (Å²) in [6.07, 6.45) is 2.64. The molecule has 0 saturated carbocycles. The molecule has 1 aromatic rings. The van der Waals surface area contributed by atoms with Crippen LogP contribution in [-0.4, -0.2) is 100.0 Å². The van der Waals surface area contributed by atoms with E-state index >= 15 is 0 Å². The Balaban J connectivity index is 1.35. The third-order valence-corrected chi connectivity index (χ3v) is 7.40. The molecule has 0 spiro atoms. The lowest BCUT2D eigenvalue weighted by atomic mass is 9.94. The number of carbonyl (C=O) groups is 2. The Morgan fingerprint density at radius 3 is 2.62 bits per heavy atom. The van der Waals surface area contributed by atoms with E-state index in [-0.39, 0.29) is 24.5 Å². The van der Waals surface area contributed by atoms with Crippen LogP contribution < -0.4 is 15.0 Å². The third-order valence-electron chi connectivity index (χ3n) is 7.40. The van der Waals surface area contributed by atoms with E-state index in [2.05, 4.69) is 15.1 Å². The molecule has 37 heavy (non-hydrogen) atoms. The van der Waals surface area contributed by atoms with E-state index < -0.39 is 6.17 Å². The van der Waals surface area contributed by atoms with Crippen LogP contribution in [0.3, 0.4) is 0 Å². The van der Waals surface area contributed by atoms with Gasteiger partial charge in [-0.15, -0.1) is 0 Å². The number of imide groups is 1. The average molecular weight is 521 g/mol. The number of nitrogens with one attached hydrogen (secondary N) is 1. The van der Waals surface area contributed by atoms with Crippen LogP contribution in [0.5, 0.6) is 5.75 Å². The molecule has 9 heteroatoms. The van der Waals surface area contributed by atoms with Gasteiger partial charge in [0.15, 0.2) is 0 Å². The van der Waals surface area contributed by atoms with Gasteiger partial charge in [-0.25, -0.2) is 4.39 Å². The lowest BCUT2D eigenvalue weighted by Gasteiger charge is -2.39. The monoisotopic (exact) mass is 520 g/mol. The molecule has 1 N–H and O–H groups in total. The fraction of sp³-hybridized carbons (Fsp3) is 0.714. The first kappa shape index (κ1) is 29.3. The zero-order valence-corrected chi connectivity index (χ0v) is 23.0. The molecule has 2 saturated heterocycles. The van der Waals surface area contributed by atoms with Crippen molar-refractivity contribution in [2.24, 2.45) is 5.92 Å². The van der Waals surface area contributed by atoms with Crippen molar-refractivity contribution in [1.82, 2.24) is 15.1 Å². The smallest absolute Gasteiger partial charge is 0.228 e. The minimum atomic E-state index is -0.891. The summed E-state index contributed by atoms with van der Waals surface area (Å²) in [4.78, 5) is 28.7. The van der Waals surface area contributed by atoms with Gasteiger partial charge in [0.1, 0.15) is 18.5 Å². The largest absolute Gasteiger partial charge is 0.492 e. The molecule has 1 aromatic carbocycles. The second-order valence-corrected chi connectivity index (χ2v) is 10.7. The van der Waals surface area contributed by atoms with Gasteiger partial charge in [0.25, 0.3) is 0 Å². The Kier molecular flexibility index (Phi) is 11.6. The Hall–Kier alpha value is -2.23. The van der Waals surface area contributed by atoms with Crippen molar-refractivity contribution in [3.05, 3.63) is 23.8 Å².